The van der Waals surface area contributed by atoms with E-state index in [1.165, 1.54) is 0 Å². The molecule has 0 spiro atoms. The van der Waals surface area contributed by atoms with Gasteiger partial charge in [-0.3, -0.25) is 0 Å². The second kappa shape index (κ2) is 4.95. The summed E-state index contributed by atoms with van der Waals surface area (Å²) < 4.78 is 0. The van der Waals surface area contributed by atoms with Gasteiger partial charge < -0.3 is 4.79 Å². The largest absolute Gasteiger partial charge is 0.302 e. The second-order valence-corrected chi connectivity index (χ2v) is 3.95. The number of hydrogen-bond donors (Lipinski definition) is 0. The van der Waals surface area contributed by atoms with Crippen LogP contribution in [0.4, 0.5) is 0 Å². The summed E-state index contributed by atoms with van der Waals surface area (Å²) in [7, 11) is 0. The molecule has 0 bridgehead atoms. The van der Waals surface area contributed by atoms with Crippen molar-refractivity contribution in [1.82, 2.24) is 0 Å². The molecule has 0 saturated heterocycles. The lowest BCUT2D eigenvalue weighted by Crippen LogP contribution is -2.02. The van der Waals surface area contributed by atoms with Crippen molar-refractivity contribution in [2.24, 2.45) is 0 Å². The number of rotatable bonds is 3. The highest BCUT2D eigenvalue weighted by Crippen LogP contribution is 2.28. The van der Waals surface area contributed by atoms with Crippen LogP contribution in [0.2, 0.25) is 5.02 Å². The highest BCUT2D eigenvalue weighted by molar-refractivity contribution is 6.31. The normalized spacial score (nSPS) is 12.1. The molecule has 2 aromatic rings. The maximum absolute atomic E-state index is 11.2. The van der Waals surface area contributed by atoms with E-state index in [0.717, 1.165) is 17.4 Å². The van der Waals surface area contributed by atoms with E-state index >= 15 is 0 Å². The van der Waals surface area contributed by atoms with Crippen molar-refractivity contribution in [1.29, 1.82) is 0 Å². The van der Waals surface area contributed by atoms with Crippen molar-refractivity contribution in [3.63, 3.8) is 0 Å². The van der Waals surface area contributed by atoms with E-state index in [2.05, 4.69) is 0 Å². The zero-order valence-electron chi connectivity index (χ0n) is 8.64. The Bertz CT molecular complexity index is 479. The first-order valence-corrected chi connectivity index (χ1v) is 5.45. The summed E-state index contributed by atoms with van der Waals surface area (Å²) in [6, 6.07) is 17.1. The number of benzene rings is 2. The Hall–Kier alpha value is -1.60. The topological polar surface area (TPSA) is 17.1 Å². The average molecular weight is 231 g/mol. The molecule has 16 heavy (non-hydrogen) atoms. The van der Waals surface area contributed by atoms with Gasteiger partial charge >= 0.3 is 0 Å². The van der Waals surface area contributed by atoms with Crippen LogP contribution in [0.1, 0.15) is 17.0 Å². The molecule has 0 radical (unpaired) electrons. The van der Waals surface area contributed by atoms with Gasteiger partial charge in [0.15, 0.2) is 0 Å². The fraction of sp³-hybridized carbons (Fsp3) is 0.0714. The van der Waals surface area contributed by atoms with Crippen LogP contribution in [0, 0.1) is 0 Å². The van der Waals surface area contributed by atoms with E-state index in [0.29, 0.717) is 5.02 Å². The van der Waals surface area contributed by atoms with E-state index in [1.807, 2.05) is 48.5 Å². The van der Waals surface area contributed by atoms with Gasteiger partial charge in [0.25, 0.3) is 0 Å². The summed E-state index contributed by atoms with van der Waals surface area (Å²) in [4.78, 5) is 11.2. The summed E-state index contributed by atoms with van der Waals surface area (Å²) in [5.74, 6) is -0.283. The van der Waals surface area contributed by atoms with Gasteiger partial charge in [-0.15, -0.1) is 0 Å². The highest BCUT2D eigenvalue weighted by Gasteiger charge is 2.15. The number of carbonyl (C=O) groups excluding carboxylic acids is 1. The fourth-order valence-corrected chi connectivity index (χ4v) is 1.97. The average Bonchev–Trinajstić information content (AvgIpc) is 2.34. The molecule has 0 aromatic heterocycles. The third-order valence-electron chi connectivity index (χ3n) is 2.54. The summed E-state index contributed by atoms with van der Waals surface area (Å²) in [5, 5.41) is 0.628. The van der Waals surface area contributed by atoms with Crippen molar-refractivity contribution >= 4 is 17.9 Å². The van der Waals surface area contributed by atoms with Crippen LogP contribution in [0.15, 0.2) is 54.6 Å². The lowest BCUT2D eigenvalue weighted by Gasteiger charge is -2.12. The van der Waals surface area contributed by atoms with E-state index in [4.69, 9.17) is 11.6 Å². The first-order chi connectivity index (χ1) is 7.83. The van der Waals surface area contributed by atoms with E-state index in [1.54, 1.807) is 6.07 Å². The lowest BCUT2D eigenvalue weighted by atomic mass is 9.93. The molecule has 80 valence electrons. The van der Waals surface area contributed by atoms with Crippen molar-refractivity contribution in [2.45, 2.75) is 5.92 Å². The summed E-state index contributed by atoms with van der Waals surface area (Å²) in [6.07, 6.45) is 0.927. The molecule has 2 aromatic carbocycles. The monoisotopic (exact) mass is 230 g/mol. The molecule has 0 saturated carbocycles. The molecule has 0 aliphatic heterocycles. The molecule has 0 amide bonds. The van der Waals surface area contributed by atoms with Crippen molar-refractivity contribution in [2.75, 3.05) is 0 Å². The SMILES string of the molecule is O=CC(c1ccccc1)c1ccccc1Cl. The van der Waals surface area contributed by atoms with Crippen LogP contribution < -0.4 is 0 Å². The third kappa shape index (κ3) is 2.15. The van der Waals surface area contributed by atoms with Crippen LogP contribution in [0.5, 0.6) is 0 Å². The quantitative estimate of drug-likeness (QED) is 0.736. The van der Waals surface area contributed by atoms with Gasteiger partial charge in [-0.1, -0.05) is 60.1 Å². The van der Waals surface area contributed by atoms with Crippen LogP contribution in [-0.2, 0) is 4.79 Å². The molecule has 2 heteroatoms. The van der Waals surface area contributed by atoms with E-state index < -0.39 is 0 Å². The fourth-order valence-electron chi connectivity index (χ4n) is 1.72. The summed E-state index contributed by atoms with van der Waals surface area (Å²) in [5.41, 5.74) is 1.82. The molecule has 1 nitrogen and oxygen atoms in total. The Morgan fingerprint density at radius 1 is 0.938 bits per heavy atom. The van der Waals surface area contributed by atoms with Crippen LogP contribution in [0.25, 0.3) is 0 Å². The first kappa shape index (κ1) is 10.9. The molecule has 0 heterocycles. The number of aldehydes is 1. The Balaban J connectivity index is 2.45. The molecular weight excluding hydrogens is 220 g/mol. The molecule has 0 aliphatic rings. The Morgan fingerprint density at radius 3 is 2.19 bits per heavy atom. The number of halogens is 1. The molecule has 2 rings (SSSR count). The predicted octanol–water partition coefficient (Wildman–Crippen LogP) is 3.67. The zero-order valence-corrected chi connectivity index (χ0v) is 9.39. The second-order valence-electron chi connectivity index (χ2n) is 3.55. The minimum Gasteiger partial charge on any atom is -0.302 e. The molecule has 1 unspecified atom stereocenters. The smallest absolute Gasteiger partial charge is 0.131 e. The molecular formula is C14H11ClO. The first-order valence-electron chi connectivity index (χ1n) is 5.07. The van der Waals surface area contributed by atoms with E-state index in [-0.39, 0.29) is 5.92 Å². The van der Waals surface area contributed by atoms with E-state index in [9.17, 15) is 4.79 Å². The Kier molecular flexibility index (Phi) is 3.37. The lowest BCUT2D eigenvalue weighted by molar-refractivity contribution is -0.108. The maximum atomic E-state index is 11.2. The van der Waals surface area contributed by atoms with Crippen LogP contribution >= 0.6 is 11.6 Å². The summed E-state index contributed by atoms with van der Waals surface area (Å²) in [6.45, 7) is 0. The van der Waals surface area contributed by atoms with Crippen LogP contribution in [0.3, 0.4) is 0 Å². The van der Waals surface area contributed by atoms with Crippen molar-refractivity contribution in [3.05, 3.63) is 70.7 Å². The number of hydrogen-bond acceptors (Lipinski definition) is 1. The van der Waals surface area contributed by atoms with Crippen molar-refractivity contribution < 1.29 is 4.79 Å². The predicted molar refractivity (Wildman–Crippen MR) is 65.8 cm³/mol. The molecule has 1 atom stereocenters. The third-order valence-corrected chi connectivity index (χ3v) is 2.88. The Morgan fingerprint density at radius 2 is 1.56 bits per heavy atom. The summed E-state index contributed by atoms with van der Waals surface area (Å²) >= 11 is 6.09. The standard InChI is InChI=1S/C14H11ClO/c15-14-9-5-4-8-12(14)13(10-16)11-6-2-1-3-7-11/h1-10,13H. The minimum absolute atomic E-state index is 0.283. The van der Waals surface area contributed by atoms with Crippen LogP contribution in [-0.4, -0.2) is 6.29 Å². The maximum Gasteiger partial charge on any atom is 0.131 e. The van der Waals surface area contributed by atoms with Gasteiger partial charge in [-0.25, -0.2) is 0 Å². The zero-order chi connectivity index (χ0) is 11.4. The number of carbonyl (C=O) groups is 1. The van der Waals surface area contributed by atoms with Gasteiger partial charge in [0.2, 0.25) is 0 Å². The van der Waals surface area contributed by atoms with Gasteiger partial charge in [0.1, 0.15) is 6.29 Å². The highest BCUT2D eigenvalue weighted by atomic mass is 35.5. The van der Waals surface area contributed by atoms with Gasteiger partial charge in [-0.05, 0) is 17.2 Å². The van der Waals surface area contributed by atoms with Gasteiger partial charge in [0, 0.05) is 5.02 Å². The Labute approximate surface area is 99.7 Å². The van der Waals surface area contributed by atoms with Gasteiger partial charge in [0.05, 0.1) is 5.92 Å². The molecule has 0 fully saturated rings. The molecule has 0 N–H and O–H groups in total. The van der Waals surface area contributed by atoms with Crippen molar-refractivity contribution in [3.8, 4) is 0 Å². The minimum atomic E-state index is -0.283. The molecule has 0 aliphatic carbocycles. The van der Waals surface area contributed by atoms with Gasteiger partial charge in [-0.2, -0.15) is 0 Å².